The lowest BCUT2D eigenvalue weighted by molar-refractivity contribution is 0.0474. The van der Waals surface area contributed by atoms with E-state index in [1.54, 1.807) is 24.3 Å². The summed E-state index contributed by atoms with van der Waals surface area (Å²) in [6, 6.07) is 12.1. The standard InChI is InChI=1S/C22H25NO6S/c1-28-19-10-6-17(7-11-19)21(24)16-29-22(25)18-8-12-20(13-9-18)30(26,27)23-14-4-2-3-5-15-23/h6-13H,2-5,14-16H2,1H3. The predicted octanol–water partition coefficient (Wildman–Crippen LogP) is 3.30. The number of Topliss-reactive ketones (excluding diaryl/α,β-unsaturated/α-hetero) is 1. The van der Waals surface area contributed by atoms with Gasteiger partial charge in [0.15, 0.2) is 12.4 Å². The highest BCUT2D eigenvalue weighted by atomic mass is 32.2. The van der Waals surface area contributed by atoms with Crippen molar-refractivity contribution in [3.05, 3.63) is 59.7 Å². The molecule has 0 N–H and O–H groups in total. The quantitative estimate of drug-likeness (QED) is 0.494. The minimum Gasteiger partial charge on any atom is -0.497 e. The molecule has 2 aromatic carbocycles. The lowest BCUT2D eigenvalue weighted by atomic mass is 10.1. The summed E-state index contributed by atoms with van der Waals surface area (Å²) in [5, 5.41) is 0. The number of rotatable bonds is 7. The molecule has 0 radical (unpaired) electrons. The Labute approximate surface area is 176 Å². The molecule has 8 heteroatoms. The first kappa shape index (κ1) is 22.0. The number of sulfonamides is 1. The molecule has 0 bridgehead atoms. The highest BCUT2D eigenvalue weighted by Crippen LogP contribution is 2.21. The van der Waals surface area contributed by atoms with Crippen molar-refractivity contribution in [2.24, 2.45) is 0 Å². The van der Waals surface area contributed by atoms with Crippen LogP contribution in [-0.2, 0) is 14.8 Å². The van der Waals surface area contributed by atoms with Crippen molar-refractivity contribution in [3.63, 3.8) is 0 Å². The van der Waals surface area contributed by atoms with Crippen molar-refractivity contribution in [1.29, 1.82) is 0 Å². The molecule has 0 unspecified atom stereocenters. The van der Waals surface area contributed by atoms with Gasteiger partial charge in [-0.2, -0.15) is 4.31 Å². The number of ketones is 1. The van der Waals surface area contributed by atoms with Crippen LogP contribution >= 0.6 is 0 Å². The van der Waals surface area contributed by atoms with Crippen molar-refractivity contribution in [2.45, 2.75) is 30.6 Å². The number of carbonyl (C=O) groups is 2. The fourth-order valence-electron chi connectivity index (χ4n) is 3.27. The van der Waals surface area contributed by atoms with Gasteiger partial charge in [-0.25, -0.2) is 13.2 Å². The molecular weight excluding hydrogens is 406 g/mol. The molecule has 1 aliphatic rings. The SMILES string of the molecule is COc1ccc(C(=O)COC(=O)c2ccc(S(=O)(=O)N3CCCCCC3)cc2)cc1. The zero-order valence-corrected chi connectivity index (χ0v) is 17.7. The molecule has 0 spiro atoms. The second kappa shape index (κ2) is 9.86. The molecule has 0 aromatic heterocycles. The molecule has 1 fully saturated rings. The van der Waals surface area contributed by atoms with Gasteiger partial charge in [0.25, 0.3) is 0 Å². The zero-order valence-electron chi connectivity index (χ0n) is 16.9. The normalized spacial score (nSPS) is 15.2. The van der Waals surface area contributed by atoms with Crippen molar-refractivity contribution in [3.8, 4) is 5.75 Å². The third-order valence-corrected chi connectivity index (χ3v) is 6.95. The maximum absolute atomic E-state index is 12.8. The molecule has 0 aliphatic carbocycles. The topological polar surface area (TPSA) is 90.0 Å². The molecule has 30 heavy (non-hydrogen) atoms. The van der Waals surface area contributed by atoms with Gasteiger partial charge in [0, 0.05) is 18.7 Å². The Kier molecular flexibility index (Phi) is 7.23. The molecule has 1 aliphatic heterocycles. The molecule has 160 valence electrons. The number of methoxy groups -OCH3 is 1. The number of ether oxygens (including phenoxy) is 2. The average Bonchev–Trinajstić information content (AvgIpc) is 3.07. The fourth-order valence-corrected chi connectivity index (χ4v) is 4.79. The van der Waals surface area contributed by atoms with Gasteiger partial charge in [-0.1, -0.05) is 12.8 Å². The molecule has 3 rings (SSSR count). The van der Waals surface area contributed by atoms with E-state index >= 15 is 0 Å². The van der Waals surface area contributed by atoms with E-state index in [9.17, 15) is 18.0 Å². The number of nitrogens with zero attached hydrogens (tertiary/aromatic N) is 1. The molecule has 1 heterocycles. The monoisotopic (exact) mass is 431 g/mol. The van der Waals surface area contributed by atoms with Gasteiger partial charge in [0.1, 0.15) is 5.75 Å². The van der Waals surface area contributed by atoms with Crippen LogP contribution in [0, 0.1) is 0 Å². The lowest BCUT2D eigenvalue weighted by Gasteiger charge is -2.19. The summed E-state index contributed by atoms with van der Waals surface area (Å²) in [5.41, 5.74) is 0.592. The van der Waals surface area contributed by atoms with Crippen LogP contribution in [0.15, 0.2) is 53.4 Å². The molecule has 0 amide bonds. The molecule has 2 aromatic rings. The Morgan fingerprint density at radius 1 is 0.867 bits per heavy atom. The molecule has 0 atom stereocenters. The Bertz CT molecular complexity index is 975. The van der Waals surface area contributed by atoms with Crippen LogP contribution in [0.1, 0.15) is 46.4 Å². The number of hydrogen-bond acceptors (Lipinski definition) is 6. The van der Waals surface area contributed by atoms with Gasteiger partial charge < -0.3 is 9.47 Å². The van der Waals surface area contributed by atoms with Crippen LogP contribution in [0.5, 0.6) is 5.75 Å². The van der Waals surface area contributed by atoms with Gasteiger partial charge in [0.2, 0.25) is 10.0 Å². The van der Waals surface area contributed by atoms with E-state index in [-0.39, 0.29) is 16.2 Å². The average molecular weight is 432 g/mol. The van der Waals surface area contributed by atoms with Crippen LogP contribution in [-0.4, -0.2) is 51.3 Å². The smallest absolute Gasteiger partial charge is 0.338 e. The number of esters is 1. The molecule has 0 saturated carbocycles. The van der Waals surface area contributed by atoms with Crippen LogP contribution in [0.25, 0.3) is 0 Å². The summed E-state index contributed by atoms with van der Waals surface area (Å²) in [7, 11) is -2.05. The van der Waals surface area contributed by atoms with Crippen molar-refractivity contribution >= 4 is 21.8 Å². The summed E-state index contributed by atoms with van der Waals surface area (Å²) in [6.45, 7) is 0.623. The van der Waals surface area contributed by atoms with E-state index in [0.29, 0.717) is 24.4 Å². The van der Waals surface area contributed by atoms with E-state index in [4.69, 9.17) is 9.47 Å². The highest BCUT2D eigenvalue weighted by molar-refractivity contribution is 7.89. The van der Waals surface area contributed by atoms with Crippen LogP contribution < -0.4 is 4.74 Å². The van der Waals surface area contributed by atoms with Crippen molar-refractivity contribution < 1.29 is 27.5 Å². The molecule has 7 nitrogen and oxygen atoms in total. The Balaban J connectivity index is 1.61. The van der Waals surface area contributed by atoms with E-state index in [2.05, 4.69) is 0 Å². The maximum Gasteiger partial charge on any atom is 0.338 e. The second-order valence-corrected chi connectivity index (χ2v) is 9.01. The van der Waals surface area contributed by atoms with Gasteiger partial charge in [0.05, 0.1) is 17.6 Å². The van der Waals surface area contributed by atoms with Gasteiger partial charge in [-0.05, 0) is 61.4 Å². The number of benzene rings is 2. The maximum atomic E-state index is 12.8. The first-order valence-electron chi connectivity index (χ1n) is 9.86. The molecular formula is C22H25NO6S. The van der Waals surface area contributed by atoms with Crippen molar-refractivity contribution in [1.82, 2.24) is 4.31 Å². The van der Waals surface area contributed by atoms with E-state index in [0.717, 1.165) is 25.7 Å². The molecule has 1 saturated heterocycles. The minimum atomic E-state index is -3.58. The first-order chi connectivity index (χ1) is 14.4. The first-order valence-corrected chi connectivity index (χ1v) is 11.3. The van der Waals surface area contributed by atoms with E-state index in [1.807, 2.05) is 0 Å². The Morgan fingerprint density at radius 3 is 2.00 bits per heavy atom. The third-order valence-electron chi connectivity index (χ3n) is 5.04. The van der Waals surface area contributed by atoms with Gasteiger partial charge in [-0.3, -0.25) is 4.79 Å². The third kappa shape index (κ3) is 5.25. The lowest BCUT2D eigenvalue weighted by Crippen LogP contribution is -2.31. The van der Waals surface area contributed by atoms with Crippen molar-refractivity contribution in [2.75, 3.05) is 26.8 Å². The zero-order chi connectivity index (χ0) is 21.6. The highest BCUT2D eigenvalue weighted by Gasteiger charge is 2.25. The van der Waals surface area contributed by atoms with Crippen LogP contribution in [0.4, 0.5) is 0 Å². The Morgan fingerprint density at radius 2 is 1.43 bits per heavy atom. The number of hydrogen-bond donors (Lipinski definition) is 0. The fraction of sp³-hybridized carbons (Fsp3) is 0.364. The predicted molar refractivity (Wildman–Crippen MR) is 111 cm³/mol. The van der Waals surface area contributed by atoms with E-state index in [1.165, 1.54) is 35.7 Å². The summed E-state index contributed by atoms with van der Waals surface area (Å²) in [5.74, 6) is -0.402. The van der Waals surface area contributed by atoms with Crippen LogP contribution in [0.2, 0.25) is 0 Å². The minimum absolute atomic E-state index is 0.148. The summed E-state index contributed by atoms with van der Waals surface area (Å²) >= 11 is 0. The number of carbonyl (C=O) groups excluding carboxylic acids is 2. The van der Waals surface area contributed by atoms with Gasteiger partial charge >= 0.3 is 5.97 Å². The largest absolute Gasteiger partial charge is 0.497 e. The Hall–Kier alpha value is -2.71. The van der Waals surface area contributed by atoms with Crippen LogP contribution in [0.3, 0.4) is 0 Å². The van der Waals surface area contributed by atoms with Gasteiger partial charge in [-0.15, -0.1) is 0 Å². The summed E-state index contributed by atoms with van der Waals surface area (Å²) in [4.78, 5) is 24.5. The second-order valence-electron chi connectivity index (χ2n) is 7.07. The van der Waals surface area contributed by atoms with E-state index < -0.39 is 22.6 Å². The summed E-state index contributed by atoms with van der Waals surface area (Å²) in [6.07, 6.45) is 3.77. The summed E-state index contributed by atoms with van der Waals surface area (Å²) < 4.78 is 37.2.